The Morgan fingerprint density at radius 1 is 1.35 bits per heavy atom. The van der Waals surface area contributed by atoms with E-state index in [1.165, 1.54) is 0 Å². The van der Waals surface area contributed by atoms with Crippen molar-refractivity contribution in [1.82, 2.24) is 5.32 Å². The lowest BCUT2D eigenvalue weighted by atomic mass is 10.0. The number of nitrogens with one attached hydrogen (secondary N) is 1. The van der Waals surface area contributed by atoms with Gasteiger partial charge in [0, 0.05) is 4.91 Å². The molecule has 0 aliphatic carbocycles. The lowest BCUT2D eigenvalue weighted by Gasteiger charge is -2.31. The maximum Gasteiger partial charge on any atom is 0.175 e. The van der Waals surface area contributed by atoms with Crippen LogP contribution in [0.15, 0.2) is 35.4 Å². The summed E-state index contributed by atoms with van der Waals surface area (Å²) in [4.78, 5) is 2.69. The Kier molecular flexibility index (Phi) is 3.86. The molecule has 5 atom stereocenters. The van der Waals surface area contributed by atoms with Crippen molar-refractivity contribution in [2.45, 2.75) is 37.2 Å². The average Bonchev–Trinajstić information content (AvgIpc) is 3.28. The van der Waals surface area contributed by atoms with Crippen molar-refractivity contribution >= 4 is 0 Å². The van der Waals surface area contributed by atoms with Crippen molar-refractivity contribution in [3.8, 4) is 0 Å². The van der Waals surface area contributed by atoms with Crippen LogP contribution < -0.4 is 5.32 Å². The van der Waals surface area contributed by atoms with Crippen LogP contribution in [0.5, 0.6) is 0 Å². The zero-order valence-corrected chi connectivity index (χ0v) is 10.8. The first-order chi connectivity index (χ1) is 9.79. The standard InChI is InChI=1S/C13H16N4O3/c14-17-15-6-9-12(18)10-11(16-10)13(20-9)19-7-8-4-2-1-3-5-8/h1-5,9-13,16,18H,6-7H2/t9-,10+,11-,12+,13+/m1/s1. The van der Waals surface area contributed by atoms with E-state index < -0.39 is 18.5 Å². The van der Waals surface area contributed by atoms with E-state index in [0.29, 0.717) is 6.61 Å². The van der Waals surface area contributed by atoms with Crippen molar-refractivity contribution in [2.75, 3.05) is 6.54 Å². The summed E-state index contributed by atoms with van der Waals surface area (Å²) < 4.78 is 11.4. The van der Waals surface area contributed by atoms with Gasteiger partial charge in [0.05, 0.1) is 37.4 Å². The molecular weight excluding hydrogens is 260 g/mol. The Labute approximate surface area is 116 Å². The first kappa shape index (κ1) is 13.4. The fourth-order valence-electron chi connectivity index (χ4n) is 2.46. The zero-order chi connectivity index (χ0) is 13.9. The molecule has 2 heterocycles. The minimum Gasteiger partial charge on any atom is -0.389 e. The largest absolute Gasteiger partial charge is 0.389 e. The van der Waals surface area contributed by atoms with Crippen LogP contribution in [0.3, 0.4) is 0 Å². The van der Waals surface area contributed by atoms with Gasteiger partial charge in [0.1, 0.15) is 0 Å². The van der Waals surface area contributed by atoms with Gasteiger partial charge in [0.15, 0.2) is 6.29 Å². The quantitative estimate of drug-likeness (QED) is 0.361. The van der Waals surface area contributed by atoms with Crippen LogP contribution in [-0.2, 0) is 16.1 Å². The van der Waals surface area contributed by atoms with E-state index in [1.807, 2.05) is 30.3 Å². The van der Waals surface area contributed by atoms with Crippen molar-refractivity contribution in [3.05, 3.63) is 46.3 Å². The van der Waals surface area contributed by atoms with Gasteiger partial charge in [-0.1, -0.05) is 35.4 Å². The molecule has 2 aliphatic heterocycles. The molecule has 2 fully saturated rings. The average molecular weight is 276 g/mol. The Bertz CT molecular complexity index is 506. The summed E-state index contributed by atoms with van der Waals surface area (Å²) >= 11 is 0. The van der Waals surface area contributed by atoms with E-state index >= 15 is 0 Å². The molecule has 0 aromatic heterocycles. The number of fused-ring (bicyclic) bond motifs is 1. The van der Waals surface area contributed by atoms with E-state index in [-0.39, 0.29) is 18.6 Å². The molecule has 20 heavy (non-hydrogen) atoms. The number of aliphatic hydroxyl groups is 1. The van der Waals surface area contributed by atoms with Gasteiger partial charge in [-0.25, -0.2) is 0 Å². The third-order valence-corrected chi connectivity index (χ3v) is 3.60. The number of hydrogen-bond acceptors (Lipinski definition) is 5. The van der Waals surface area contributed by atoms with E-state index in [9.17, 15) is 5.11 Å². The minimum atomic E-state index is -0.665. The van der Waals surface area contributed by atoms with E-state index in [0.717, 1.165) is 5.56 Å². The summed E-state index contributed by atoms with van der Waals surface area (Å²) in [7, 11) is 0. The third kappa shape index (κ3) is 2.77. The van der Waals surface area contributed by atoms with Crippen LogP contribution >= 0.6 is 0 Å². The lowest BCUT2D eigenvalue weighted by molar-refractivity contribution is -0.210. The Hall–Kier alpha value is -1.63. The molecule has 2 N–H and O–H groups in total. The van der Waals surface area contributed by atoms with Gasteiger partial charge in [0.25, 0.3) is 0 Å². The molecule has 1 aromatic rings. The molecule has 7 heteroatoms. The predicted molar refractivity (Wildman–Crippen MR) is 70.6 cm³/mol. The van der Waals surface area contributed by atoms with Gasteiger partial charge in [-0.05, 0) is 11.1 Å². The zero-order valence-electron chi connectivity index (χ0n) is 10.8. The molecule has 0 amide bonds. The number of nitrogens with zero attached hydrogens (tertiary/aromatic N) is 3. The van der Waals surface area contributed by atoms with Gasteiger partial charge in [-0.3, -0.25) is 0 Å². The van der Waals surface area contributed by atoms with Gasteiger partial charge < -0.3 is 19.9 Å². The van der Waals surface area contributed by atoms with E-state index in [4.69, 9.17) is 15.0 Å². The minimum absolute atomic E-state index is 0.0102. The summed E-state index contributed by atoms with van der Waals surface area (Å²) in [6, 6.07) is 9.78. The molecule has 0 radical (unpaired) electrons. The highest BCUT2D eigenvalue weighted by Crippen LogP contribution is 2.31. The number of ether oxygens (including phenoxy) is 2. The maximum absolute atomic E-state index is 9.98. The molecule has 3 rings (SSSR count). The Morgan fingerprint density at radius 2 is 2.15 bits per heavy atom. The molecular formula is C13H16N4O3. The molecule has 0 unspecified atom stereocenters. The number of aliphatic hydroxyl groups excluding tert-OH is 1. The SMILES string of the molecule is [N-]=[N+]=NC[C@H]1O[C@H](OCc2ccccc2)[C@@H]2N[C@@H]2[C@H]1O. The monoisotopic (exact) mass is 276 g/mol. The van der Waals surface area contributed by atoms with Crippen molar-refractivity contribution in [1.29, 1.82) is 0 Å². The van der Waals surface area contributed by atoms with Crippen LogP contribution in [0.2, 0.25) is 0 Å². The topological polar surface area (TPSA) is 109 Å². The first-order valence-corrected chi connectivity index (χ1v) is 6.55. The second kappa shape index (κ2) is 5.78. The van der Waals surface area contributed by atoms with Crippen LogP contribution in [0.1, 0.15) is 5.56 Å². The third-order valence-electron chi connectivity index (χ3n) is 3.60. The fourth-order valence-corrected chi connectivity index (χ4v) is 2.46. The maximum atomic E-state index is 9.98. The van der Waals surface area contributed by atoms with Crippen molar-refractivity contribution < 1.29 is 14.6 Å². The molecule has 7 nitrogen and oxygen atoms in total. The van der Waals surface area contributed by atoms with Gasteiger partial charge in [0.2, 0.25) is 0 Å². The summed E-state index contributed by atoms with van der Waals surface area (Å²) in [5, 5.41) is 16.6. The highest BCUT2D eigenvalue weighted by Gasteiger charge is 2.55. The number of rotatable bonds is 5. The lowest BCUT2D eigenvalue weighted by Crippen LogP contribution is -2.47. The number of azide groups is 1. The molecule has 2 aliphatic rings. The summed E-state index contributed by atoms with van der Waals surface area (Å²) in [5.74, 6) is 0. The molecule has 0 spiro atoms. The molecule has 2 saturated heterocycles. The molecule has 1 aromatic carbocycles. The Morgan fingerprint density at radius 3 is 2.90 bits per heavy atom. The highest BCUT2D eigenvalue weighted by molar-refractivity contribution is 5.14. The van der Waals surface area contributed by atoms with Crippen molar-refractivity contribution in [2.24, 2.45) is 5.11 Å². The number of hydrogen-bond donors (Lipinski definition) is 2. The van der Waals surface area contributed by atoms with Crippen LogP contribution in [0, 0.1) is 0 Å². The normalized spacial score (nSPS) is 35.0. The summed E-state index contributed by atoms with van der Waals surface area (Å²) in [6.07, 6.45) is -1.62. The molecule has 0 bridgehead atoms. The van der Waals surface area contributed by atoms with Gasteiger partial charge in [-0.2, -0.15) is 0 Å². The fraction of sp³-hybridized carbons (Fsp3) is 0.538. The number of benzene rings is 1. The van der Waals surface area contributed by atoms with E-state index in [1.54, 1.807) is 0 Å². The van der Waals surface area contributed by atoms with Crippen LogP contribution in [0.4, 0.5) is 0 Å². The Balaban J connectivity index is 1.58. The van der Waals surface area contributed by atoms with Crippen LogP contribution in [-0.4, -0.2) is 42.2 Å². The predicted octanol–water partition coefficient (Wildman–Crippen LogP) is 0.940. The van der Waals surface area contributed by atoms with Gasteiger partial charge in [-0.15, -0.1) is 0 Å². The summed E-state index contributed by atoms with van der Waals surface area (Å²) in [5.41, 5.74) is 9.41. The van der Waals surface area contributed by atoms with E-state index in [2.05, 4.69) is 15.3 Å². The van der Waals surface area contributed by atoms with Crippen LogP contribution in [0.25, 0.3) is 10.4 Å². The summed E-state index contributed by atoms with van der Waals surface area (Å²) in [6.45, 7) is 0.550. The second-order valence-electron chi connectivity index (χ2n) is 4.96. The second-order valence-corrected chi connectivity index (χ2v) is 4.96. The highest BCUT2D eigenvalue weighted by atomic mass is 16.7. The first-order valence-electron chi connectivity index (χ1n) is 6.55. The van der Waals surface area contributed by atoms with Gasteiger partial charge >= 0.3 is 0 Å². The smallest absolute Gasteiger partial charge is 0.175 e. The molecule has 106 valence electrons. The van der Waals surface area contributed by atoms with Crippen molar-refractivity contribution in [3.63, 3.8) is 0 Å². The molecule has 0 saturated carbocycles.